The maximum atomic E-state index is 6.45. The van der Waals surface area contributed by atoms with E-state index < -0.39 is 0 Å². The molecule has 7 nitrogen and oxygen atoms in total. The molecule has 9 rings (SSSR count). The summed E-state index contributed by atoms with van der Waals surface area (Å²) in [6, 6.07) is 37.9. The number of para-hydroxylation sites is 1. The van der Waals surface area contributed by atoms with Crippen LogP contribution in [0.3, 0.4) is 0 Å². The van der Waals surface area contributed by atoms with Gasteiger partial charge in [-0.15, -0.1) is 41.4 Å². The number of ether oxygens (including phenoxy) is 1. The molecular formula is C40H30N5O2Pt-3. The summed E-state index contributed by atoms with van der Waals surface area (Å²) in [5, 5.41) is 4.28. The van der Waals surface area contributed by atoms with Gasteiger partial charge in [0.2, 0.25) is 5.71 Å². The minimum Gasteiger partial charge on any atom is -0.509 e. The first-order valence-corrected chi connectivity index (χ1v) is 15.6. The van der Waals surface area contributed by atoms with Gasteiger partial charge in [0.05, 0.1) is 0 Å². The molecule has 0 atom stereocenters. The summed E-state index contributed by atoms with van der Waals surface area (Å²) in [7, 11) is 2.04. The number of rotatable bonds is 4. The number of hydrogen-bond acceptors (Lipinski definition) is 6. The minimum atomic E-state index is -0.00729. The Labute approximate surface area is 292 Å². The van der Waals surface area contributed by atoms with Gasteiger partial charge in [-0.3, -0.25) is 0 Å². The molecule has 4 aromatic heterocycles. The van der Waals surface area contributed by atoms with Gasteiger partial charge in [0, 0.05) is 78.7 Å². The Morgan fingerprint density at radius 3 is 2.46 bits per heavy atom. The fraction of sp³-hybridized carbons (Fsp3) is 0.125. The van der Waals surface area contributed by atoms with Crippen molar-refractivity contribution in [3.8, 4) is 17.3 Å². The topological polar surface area (TPSA) is 59.6 Å². The van der Waals surface area contributed by atoms with Crippen LogP contribution in [0.5, 0.6) is 11.5 Å². The van der Waals surface area contributed by atoms with Gasteiger partial charge in [-0.2, -0.15) is 18.8 Å². The average Bonchev–Trinajstić information content (AvgIpc) is 3.72. The molecule has 5 heterocycles. The van der Waals surface area contributed by atoms with Crippen LogP contribution in [0.2, 0.25) is 0 Å². The van der Waals surface area contributed by atoms with Gasteiger partial charge >= 0.3 is 0 Å². The largest absolute Gasteiger partial charge is 0.509 e. The van der Waals surface area contributed by atoms with E-state index >= 15 is 0 Å². The van der Waals surface area contributed by atoms with Gasteiger partial charge < -0.3 is 23.5 Å². The summed E-state index contributed by atoms with van der Waals surface area (Å²) in [6.07, 6.45) is 3.64. The van der Waals surface area contributed by atoms with Gasteiger partial charge in [-0.05, 0) is 59.8 Å². The zero-order valence-corrected chi connectivity index (χ0v) is 29.0. The number of anilines is 3. The third-order valence-electron chi connectivity index (χ3n) is 8.90. The van der Waals surface area contributed by atoms with Crippen molar-refractivity contribution in [1.29, 1.82) is 0 Å². The SMILES string of the molecule is CN1[CH-]N(c2[c-]c(Oc3[c-]c4c(cc3)c3ccccc3n4-c3cc(C(C)(C)C)ccn3)ccc2)c2cc3oc4ncccc4c3cc21.[Pt]. The zero-order chi connectivity index (χ0) is 31.9. The van der Waals surface area contributed by atoms with Crippen LogP contribution in [0, 0.1) is 18.8 Å². The van der Waals surface area contributed by atoms with Crippen molar-refractivity contribution < 1.29 is 30.2 Å². The maximum Gasteiger partial charge on any atom is 0.227 e. The summed E-state index contributed by atoms with van der Waals surface area (Å²) in [6.45, 7) is 8.70. The Morgan fingerprint density at radius 2 is 1.58 bits per heavy atom. The summed E-state index contributed by atoms with van der Waals surface area (Å²) < 4.78 is 14.7. The maximum absolute atomic E-state index is 6.45. The smallest absolute Gasteiger partial charge is 0.227 e. The van der Waals surface area contributed by atoms with E-state index in [-0.39, 0.29) is 26.5 Å². The number of furan rings is 1. The van der Waals surface area contributed by atoms with Gasteiger partial charge in [0.25, 0.3) is 0 Å². The molecule has 8 heteroatoms. The molecule has 0 saturated carbocycles. The molecule has 1 aliphatic heterocycles. The number of aromatic nitrogens is 3. The molecule has 0 N–H and O–H groups in total. The van der Waals surface area contributed by atoms with Crippen molar-refractivity contribution >= 4 is 60.9 Å². The van der Waals surface area contributed by atoms with E-state index in [1.54, 1.807) is 6.20 Å². The first-order chi connectivity index (χ1) is 22.8. The van der Waals surface area contributed by atoms with Crippen LogP contribution < -0.4 is 14.5 Å². The van der Waals surface area contributed by atoms with Gasteiger partial charge in [0.15, 0.2) is 0 Å². The standard InChI is InChI=1S/C40H30N5O2.Pt/c1-40(2,3)25-16-18-41-38(19-25)45-33-13-6-5-11-29(33)30-15-14-28(21-34(30)45)46-27-10-7-9-26(20-27)44-24-43(4)35-22-32-31-12-8-17-42-39(31)47-37(32)23-36(35)44;/h5-19,22-24H,1-4H3;/q-3;. The molecule has 1 aliphatic rings. The summed E-state index contributed by atoms with van der Waals surface area (Å²) in [5.74, 6) is 2.04. The summed E-state index contributed by atoms with van der Waals surface area (Å²) in [5.41, 5.74) is 7.53. The van der Waals surface area contributed by atoms with E-state index in [1.807, 2.05) is 49.6 Å². The molecule has 4 aromatic carbocycles. The van der Waals surface area contributed by atoms with Crippen molar-refractivity contribution in [3.05, 3.63) is 128 Å². The average molecular weight is 808 g/mol. The van der Waals surface area contributed by atoms with Gasteiger partial charge in [-0.25, -0.2) is 9.97 Å². The van der Waals surface area contributed by atoms with Crippen LogP contribution in [0.4, 0.5) is 17.1 Å². The molecule has 0 bridgehead atoms. The molecule has 8 aromatic rings. The molecule has 240 valence electrons. The Hall–Kier alpha value is -5.13. The van der Waals surface area contributed by atoms with Gasteiger partial charge in [-0.1, -0.05) is 44.5 Å². The Balaban J connectivity index is 0.00000336. The van der Waals surface area contributed by atoms with Crippen molar-refractivity contribution in [3.63, 3.8) is 0 Å². The quantitative estimate of drug-likeness (QED) is 0.165. The second-order valence-electron chi connectivity index (χ2n) is 13.0. The Bertz CT molecular complexity index is 2510. The van der Waals surface area contributed by atoms with E-state index in [0.29, 0.717) is 17.2 Å². The molecule has 0 unspecified atom stereocenters. The molecular weight excluding hydrogens is 778 g/mol. The van der Waals surface area contributed by atoms with Crippen LogP contribution in [-0.4, -0.2) is 21.6 Å². The normalized spacial score (nSPS) is 13.1. The number of fused-ring (bicyclic) bond motifs is 7. The fourth-order valence-electron chi connectivity index (χ4n) is 6.53. The molecule has 0 radical (unpaired) electrons. The van der Waals surface area contributed by atoms with Crippen LogP contribution in [0.25, 0.3) is 49.7 Å². The predicted octanol–water partition coefficient (Wildman–Crippen LogP) is 9.87. The second-order valence-corrected chi connectivity index (χ2v) is 13.0. The van der Waals surface area contributed by atoms with Crippen LogP contribution in [-0.2, 0) is 26.5 Å². The molecule has 0 spiro atoms. The number of pyridine rings is 2. The van der Waals surface area contributed by atoms with Gasteiger partial charge in [0.1, 0.15) is 11.4 Å². The van der Waals surface area contributed by atoms with E-state index in [9.17, 15) is 0 Å². The molecule has 0 fully saturated rings. The third kappa shape index (κ3) is 4.84. The van der Waals surface area contributed by atoms with Crippen molar-refractivity contribution in [2.45, 2.75) is 26.2 Å². The van der Waals surface area contributed by atoms with Crippen LogP contribution in [0.15, 0.2) is 108 Å². The zero-order valence-electron chi connectivity index (χ0n) is 26.8. The van der Waals surface area contributed by atoms with Crippen molar-refractivity contribution in [1.82, 2.24) is 14.5 Å². The van der Waals surface area contributed by atoms with Crippen molar-refractivity contribution in [2.24, 2.45) is 0 Å². The van der Waals surface area contributed by atoms with E-state index in [1.165, 1.54) is 5.56 Å². The molecule has 48 heavy (non-hydrogen) atoms. The Kier molecular flexibility index (Phi) is 7.08. The Morgan fingerprint density at radius 1 is 0.750 bits per heavy atom. The first-order valence-electron chi connectivity index (χ1n) is 15.6. The van der Waals surface area contributed by atoms with E-state index in [2.05, 4.69) is 114 Å². The minimum absolute atomic E-state index is 0. The number of benzene rings is 4. The molecule has 0 aliphatic carbocycles. The van der Waals surface area contributed by atoms with Crippen LogP contribution in [0.1, 0.15) is 26.3 Å². The summed E-state index contributed by atoms with van der Waals surface area (Å²) in [4.78, 5) is 13.4. The van der Waals surface area contributed by atoms with E-state index in [0.717, 1.165) is 61.0 Å². The molecule has 0 amide bonds. The van der Waals surface area contributed by atoms with E-state index in [4.69, 9.17) is 14.1 Å². The number of hydrogen-bond donors (Lipinski definition) is 0. The van der Waals surface area contributed by atoms with Crippen LogP contribution >= 0.6 is 0 Å². The molecule has 0 saturated heterocycles. The third-order valence-corrected chi connectivity index (χ3v) is 8.90. The predicted molar refractivity (Wildman–Crippen MR) is 188 cm³/mol. The monoisotopic (exact) mass is 807 g/mol. The summed E-state index contributed by atoms with van der Waals surface area (Å²) >= 11 is 0. The number of nitrogens with zero attached hydrogens (tertiary/aromatic N) is 5. The fourth-order valence-corrected chi connectivity index (χ4v) is 6.53. The first kappa shape index (κ1) is 30.2. The second kappa shape index (κ2) is 11.2. The van der Waals surface area contributed by atoms with Crippen molar-refractivity contribution in [2.75, 3.05) is 16.8 Å².